The van der Waals surface area contributed by atoms with Crippen molar-refractivity contribution in [1.29, 1.82) is 0 Å². The van der Waals surface area contributed by atoms with Gasteiger partial charge in [0.1, 0.15) is 0 Å². The second kappa shape index (κ2) is 3.08. The van der Waals surface area contributed by atoms with Gasteiger partial charge < -0.3 is 0 Å². The molecular formula is C6H12NO3S. The van der Waals surface area contributed by atoms with Crippen LogP contribution >= 0.6 is 0 Å². The van der Waals surface area contributed by atoms with Crippen molar-refractivity contribution >= 4 is 9.84 Å². The average molecular weight is 178 g/mol. The van der Waals surface area contributed by atoms with Crippen LogP contribution in [0.5, 0.6) is 0 Å². The number of sulfone groups is 1. The number of nitrogens with zero attached hydrogens (tertiary/aromatic N) is 1. The van der Waals surface area contributed by atoms with Gasteiger partial charge in [0.25, 0.3) is 0 Å². The SMILES string of the molecule is CS(=O)(=O)CC([O])N1CCC1. The van der Waals surface area contributed by atoms with Gasteiger partial charge in [-0.05, 0) is 6.42 Å². The zero-order valence-corrected chi connectivity index (χ0v) is 7.30. The quantitative estimate of drug-likeness (QED) is 0.585. The third-order valence-corrected chi connectivity index (χ3v) is 2.63. The highest BCUT2D eigenvalue weighted by atomic mass is 32.2. The predicted octanol–water partition coefficient (Wildman–Crippen LogP) is -0.507. The topological polar surface area (TPSA) is 57.3 Å². The first kappa shape index (κ1) is 8.96. The summed E-state index contributed by atoms with van der Waals surface area (Å²) in [5.74, 6) is -0.257. The van der Waals surface area contributed by atoms with E-state index in [-0.39, 0.29) is 5.75 Å². The van der Waals surface area contributed by atoms with Crippen LogP contribution in [-0.4, -0.2) is 44.6 Å². The fourth-order valence-electron chi connectivity index (χ4n) is 0.993. The molecule has 0 saturated carbocycles. The van der Waals surface area contributed by atoms with E-state index in [1.165, 1.54) is 0 Å². The van der Waals surface area contributed by atoms with Gasteiger partial charge in [0.15, 0.2) is 16.1 Å². The third-order valence-electron chi connectivity index (χ3n) is 1.74. The Hall–Kier alpha value is -0.130. The first-order valence-corrected chi connectivity index (χ1v) is 5.63. The summed E-state index contributed by atoms with van der Waals surface area (Å²) in [5, 5.41) is 11.1. The van der Waals surface area contributed by atoms with Gasteiger partial charge >= 0.3 is 0 Å². The zero-order chi connectivity index (χ0) is 8.48. The van der Waals surface area contributed by atoms with Crippen LogP contribution in [0.3, 0.4) is 0 Å². The fraction of sp³-hybridized carbons (Fsp3) is 1.00. The Bertz CT molecular complexity index is 220. The lowest BCUT2D eigenvalue weighted by Gasteiger charge is -2.33. The van der Waals surface area contributed by atoms with Crippen LogP contribution in [0.4, 0.5) is 0 Å². The Morgan fingerprint density at radius 1 is 1.45 bits per heavy atom. The summed E-state index contributed by atoms with van der Waals surface area (Å²) >= 11 is 0. The van der Waals surface area contributed by atoms with Crippen molar-refractivity contribution in [3.05, 3.63) is 0 Å². The van der Waals surface area contributed by atoms with Crippen molar-refractivity contribution in [1.82, 2.24) is 4.90 Å². The molecular weight excluding hydrogens is 166 g/mol. The smallest absolute Gasteiger partial charge is 0.160 e. The maximum atomic E-state index is 11.1. The Morgan fingerprint density at radius 2 is 2.00 bits per heavy atom. The number of hydrogen-bond acceptors (Lipinski definition) is 3. The summed E-state index contributed by atoms with van der Waals surface area (Å²) in [6.07, 6.45) is 1.07. The molecule has 1 aliphatic rings. The van der Waals surface area contributed by atoms with E-state index in [0.717, 1.165) is 25.8 Å². The van der Waals surface area contributed by atoms with Crippen LogP contribution in [0.2, 0.25) is 0 Å². The molecule has 0 aromatic heterocycles. The summed E-state index contributed by atoms with van der Waals surface area (Å²) in [5.41, 5.74) is 0. The lowest BCUT2D eigenvalue weighted by Crippen LogP contribution is -2.47. The first-order valence-electron chi connectivity index (χ1n) is 3.56. The Balaban J connectivity index is 2.36. The van der Waals surface area contributed by atoms with Crippen molar-refractivity contribution in [2.45, 2.75) is 12.6 Å². The monoisotopic (exact) mass is 178 g/mol. The molecule has 0 aliphatic carbocycles. The molecule has 1 rings (SSSR count). The van der Waals surface area contributed by atoms with Gasteiger partial charge in [0, 0.05) is 19.3 Å². The minimum atomic E-state index is -3.10. The predicted molar refractivity (Wildman–Crippen MR) is 40.4 cm³/mol. The zero-order valence-electron chi connectivity index (χ0n) is 6.49. The first-order chi connectivity index (χ1) is 4.99. The van der Waals surface area contributed by atoms with E-state index >= 15 is 0 Å². The Labute approximate surface area is 66.7 Å². The summed E-state index contributed by atoms with van der Waals surface area (Å²) < 4.78 is 21.3. The van der Waals surface area contributed by atoms with E-state index in [0.29, 0.717) is 0 Å². The second-order valence-electron chi connectivity index (χ2n) is 2.94. The van der Waals surface area contributed by atoms with Gasteiger partial charge in [0.05, 0.1) is 5.75 Å². The van der Waals surface area contributed by atoms with Gasteiger partial charge in [-0.2, -0.15) is 0 Å². The molecule has 1 aliphatic heterocycles. The molecule has 65 valence electrons. The summed E-state index contributed by atoms with van der Waals surface area (Å²) in [7, 11) is -3.10. The Morgan fingerprint density at radius 3 is 2.27 bits per heavy atom. The molecule has 1 radical (unpaired) electrons. The van der Waals surface area contributed by atoms with Crippen molar-refractivity contribution in [2.75, 3.05) is 25.1 Å². The molecule has 1 heterocycles. The van der Waals surface area contributed by atoms with Gasteiger partial charge in [-0.3, -0.25) is 4.90 Å². The molecule has 0 aromatic rings. The molecule has 11 heavy (non-hydrogen) atoms. The van der Waals surface area contributed by atoms with Crippen LogP contribution in [0, 0.1) is 0 Å². The van der Waals surface area contributed by atoms with Crippen molar-refractivity contribution in [2.24, 2.45) is 0 Å². The van der Waals surface area contributed by atoms with Crippen LogP contribution in [0.1, 0.15) is 6.42 Å². The van der Waals surface area contributed by atoms with Crippen LogP contribution in [-0.2, 0) is 14.9 Å². The standard InChI is InChI=1S/C6H12NO3S/c1-11(9,10)5-6(8)7-3-2-4-7/h6H,2-5H2,1H3. The average Bonchev–Trinajstić information content (AvgIpc) is 1.50. The normalized spacial score (nSPS) is 22.7. The molecule has 0 spiro atoms. The minimum Gasteiger partial charge on any atom is -0.275 e. The second-order valence-corrected chi connectivity index (χ2v) is 5.12. The van der Waals surface area contributed by atoms with E-state index < -0.39 is 16.1 Å². The summed E-state index contributed by atoms with van der Waals surface area (Å²) in [6.45, 7) is 1.51. The highest BCUT2D eigenvalue weighted by Gasteiger charge is 2.25. The van der Waals surface area contributed by atoms with Crippen molar-refractivity contribution in [3.8, 4) is 0 Å². The van der Waals surface area contributed by atoms with E-state index in [2.05, 4.69) is 0 Å². The minimum absolute atomic E-state index is 0.257. The maximum Gasteiger partial charge on any atom is 0.160 e. The van der Waals surface area contributed by atoms with E-state index in [4.69, 9.17) is 0 Å². The lowest BCUT2D eigenvalue weighted by atomic mass is 10.2. The largest absolute Gasteiger partial charge is 0.275 e. The molecule has 1 unspecified atom stereocenters. The maximum absolute atomic E-state index is 11.1. The van der Waals surface area contributed by atoms with Crippen molar-refractivity contribution < 1.29 is 13.5 Å². The fourth-order valence-corrected chi connectivity index (χ4v) is 1.72. The Kier molecular flexibility index (Phi) is 2.51. The van der Waals surface area contributed by atoms with Crippen LogP contribution < -0.4 is 0 Å². The molecule has 0 N–H and O–H groups in total. The molecule has 4 nitrogen and oxygen atoms in total. The molecule has 5 heteroatoms. The molecule has 1 fully saturated rings. The molecule has 0 bridgehead atoms. The van der Waals surface area contributed by atoms with Crippen molar-refractivity contribution in [3.63, 3.8) is 0 Å². The lowest BCUT2D eigenvalue weighted by molar-refractivity contribution is -0.0629. The molecule has 0 amide bonds. The summed E-state index contributed by atoms with van der Waals surface area (Å²) in [4.78, 5) is 1.64. The van der Waals surface area contributed by atoms with Crippen LogP contribution in [0.15, 0.2) is 0 Å². The highest BCUT2D eigenvalue weighted by Crippen LogP contribution is 2.10. The third kappa shape index (κ3) is 2.76. The number of likely N-dealkylation sites (tertiary alicyclic amines) is 1. The van der Waals surface area contributed by atoms with E-state index in [9.17, 15) is 13.5 Å². The summed E-state index contributed by atoms with van der Waals surface area (Å²) in [6, 6.07) is 0. The number of hydrogen-bond donors (Lipinski definition) is 0. The highest BCUT2D eigenvalue weighted by molar-refractivity contribution is 7.90. The molecule has 1 saturated heterocycles. The van der Waals surface area contributed by atoms with Gasteiger partial charge in [-0.15, -0.1) is 0 Å². The number of rotatable bonds is 3. The molecule has 0 aromatic carbocycles. The van der Waals surface area contributed by atoms with Gasteiger partial charge in [0.2, 0.25) is 0 Å². The van der Waals surface area contributed by atoms with E-state index in [1.54, 1.807) is 4.90 Å². The molecule has 1 atom stereocenters. The van der Waals surface area contributed by atoms with Crippen LogP contribution in [0.25, 0.3) is 0 Å². The van der Waals surface area contributed by atoms with E-state index in [1.807, 2.05) is 0 Å². The van der Waals surface area contributed by atoms with Gasteiger partial charge in [-0.1, -0.05) is 0 Å². The van der Waals surface area contributed by atoms with Gasteiger partial charge in [-0.25, -0.2) is 13.5 Å².